The first-order valence-corrected chi connectivity index (χ1v) is 9.38. The van der Waals surface area contributed by atoms with E-state index in [2.05, 4.69) is 88.5 Å². The second kappa shape index (κ2) is 6.46. The normalized spacial score (nSPS) is 14.7. The molecule has 0 saturated heterocycles. The summed E-state index contributed by atoms with van der Waals surface area (Å²) in [7, 11) is 0. The van der Waals surface area contributed by atoms with Crippen LogP contribution in [-0.4, -0.2) is 29.1 Å². The fraction of sp³-hybridized carbons (Fsp3) is 0.435. The van der Waals surface area contributed by atoms with Crippen molar-refractivity contribution in [2.24, 2.45) is 0 Å². The van der Waals surface area contributed by atoms with Gasteiger partial charge in [-0.3, -0.25) is 0 Å². The summed E-state index contributed by atoms with van der Waals surface area (Å²) in [5.41, 5.74) is 8.16. The molecule has 2 aromatic rings. The van der Waals surface area contributed by atoms with Crippen LogP contribution >= 0.6 is 0 Å². The van der Waals surface area contributed by atoms with E-state index in [1.165, 1.54) is 27.9 Å². The third kappa shape index (κ3) is 3.35. The van der Waals surface area contributed by atoms with Crippen molar-refractivity contribution in [3.8, 4) is 5.75 Å². The van der Waals surface area contributed by atoms with Crippen LogP contribution in [0.3, 0.4) is 0 Å². The van der Waals surface area contributed by atoms with E-state index in [1.807, 2.05) is 0 Å². The van der Waals surface area contributed by atoms with Crippen molar-refractivity contribution in [1.82, 2.24) is 0 Å². The van der Waals surface area contributed by atoms with Crippen LogP contribution in [0.15, 0.2) is 24.3 Å². The molecule has 0 bridgehead atoms. The molecule has 0 unspecified atom stereocenters. The molecule has 1 aliphatic heterocycles. The number of aryl methyl sites for hydroxylation is 4. The molecule has 0 fully saturated rings. The minimum atomic E-state index is -0.0889. The van der Waals surface area contributed by atoms with E-state index >= 15 is 0 Å². The summed E-state index contributed by atoms with van der Waals surface area (Å²) >= 11 is 0. The Labute approximate surface area is 157 Å². The molecule has 0 radical (unpaired) electrons. The Bertz CT molecular complexity index is 865. The second-order valence-electron chi connectivity index (χ2n) is 8.68. The van der Waals surface area contributed by atoms with Crippen LogP contribution in [0, 0.1) is 27.7 Å². The molecule has 0 atom stereocenters. The minimum absolute atomic E-state index is 0.0889. The molecule has 1 aliphatic rings. The van der Waals surface area contributed by atoms with Crippen molar-refractivity contribution in [3.63, 3.8) is 0 Å². The summed E-state index contributed by atoms with van der Waals surface area (Å²) in [6.07, 6.45) is 2.14. The Morgan fingerprint density at radius 2 is 1.50 bits per heavy atom. The third-order valence-electron chi connectivity index (χ3n) is 5.13. The van der Waals surface area contributed by atoms with Gasteiger partial charge in [0.1, 0.15) is 18.8 Å². The maximum absolute atomic E-state index is 10.9. The zero-order valence-electron chi connectivity index (χ0n) is 17.1. The van der Waals surface area contributed by atoms with Gasteiger partial charge < -0.3 is 5.11 Å². The first-order chi connectivity index (χ1) is 12.1. The van der Waals surface area contributed by atoms with Gasteiger partial charge in [-0.1, -0.05) is 44.5 Å². The van der Waals surface area contributed by atoms with Gasteiger partial charge in [-0.05, 0) is 55.9 Å². The number of aromatic hydroxyl groups is 1. The maximum Gasteiger partial charge on any atom is 0.244 e. The van der Waals surface area contributed by atoms with Gasteiger partial charge in [0, 0.05) is 5.56 Å². The molecule has 0 aliphatic carbocycles. The Morgan fingerprint density at radius 1 is 0.923 bits per heavy atom. The summed E-state index contributed by atoms with van der Waals surface area (Å²) in [6.45, 7) is 16.8. The monoisotopic (exact) mass is 351 g/mol. The second-order valence-corrected chi connectivity index (χ2v) is 8.68. The van der Waals surface area contributed by atoms with Crippen LogP contribution in [0.25, 0.3) is 0 Å². The van der Waals surface area contributed by atoms with E-state index in [4.69, 9.17) is 0 Å². The van der Waals surface area contributed by atoms with Crippen molar-refractivity contribution in [2.45, 2.75) is 53.9 Å². The van der Waals surface area contributed by atoms with Crippen molar-refractivity contribution >= 4 is 17.7 Å². The lowest BCUT2D eigenvalue weighted by Gasteiger charge is -2.23. The molecule has 3 rings (SSSR count). The highest BCUT2D eigenvalue weighted by Gasteiger charge is 2.30. The van der Waals surface area contributed by atoms with Gasteiger partial charge in [-0.2, -0.15) is 0 Å². The highest BCUT2D eigenvalue weighted by Crippen LogP contribution is 2.39. The molecule has 3 heteroatoms. The van der Waals surface area contributed by atoms with E-state index in [9.17, 15) is 5.11 Å². The zero-order chi connectivity index (χ0) is 19.2. The minimum Gasteiger partial charge on any atom is -0.504 e. The van der Waals surface area contributed by atoms with Gasteiger partial charge >= 0.3 is 0 Å². The van der Waals surface area contributed by atoms with Gasteiger partial charge in [0.15, 0.2) is 11.4 Å². The molecule has 0 saturated carbocycles. The highest BCUT2D eigenvalue weighted by molar-refractivity contribution is 5.82. The van der Waals surface area contributed by atoms with E-state index in [-0.39, 0.29) is 5.41 Å². The van der Waals surface area contributed by atoms with Crippen LogP contribution in [0.4, 0.5) is 11.4 Å². The lowest BCUT2D eigenvalue weighted by molar-refractivity contribution is -0.425. The number of nitrogens with zero attached hydrogens (tertiary/aromatic N) is 2. The van der Waals surface area contributed by atoms with Crippen molar-refractivity contribution in [1.29, 1.82) is 0 Å². The van der Waals surface area contributed by atoms with Crippen LogP contribution in [0.1, 0.15) is 48.6 Å². The lowest BCUT2D eigenvalue weighted by atomic mass is 9.85. The fourth-order valence-corrected chi connectivity index (χ4v) is 4.03. The van der Waals surface area contributed by atoms with Gasteiger partial charge in [-0.25, -0.2) is 9.48 Å². The lowest BCUT2D eigenvalue weighted by Crippen LogP contribution is -2.20. The predicted octanol–water partition coefficient (Wildman–Crippen LogP) is 5.12. The standard InChI is InChI=1S/C23H30N2O/c1-15-10-17(3)21(18(4)11-15)25-9-8-24(14-25)20-13-16(2)12-19(22(20)26)23(5,6)7/h10-14H,8-9H2,1-7H3/p+1. The predicted molar refractivity (Wildman–Crippen MR) is 110 cm³/mol. The first-order valence-electron chi connectivity index (χ1n) is 9.38. The average Bonchev–Trinajstić information content (AvgIpc) is 2.96. The number of hydrogen-bond acceptors (Lipinski definition) is 2. The molecule has 0 amide bonds. The zero-order valence-corrected chi connectivity index (χ0v) is 17.1. The van der Waals surface area contributed by atoms with Gasteiger partial charge in [0.2, 0.25) is 6.34 Å². The molecule has 1 N–H and O–H groups in total. The molecular formula is C23H31N2O+. The SMILES string of the molecule is Cc1cc(C)c([N+]2=CN(c3cc(C)cc(C(C)(C)C)c3O)CC2)c(C)c1. The van der Waals surface area contributed by atoms with Crippen LogP contribution in [0.2, 0.25) is 0 Å². The van der Waals surface area contributed by atoms with Crippen molar-refractivity contribution in [3.05, 3.63) is 52.1 Å². The molecule has 1 heterocycles. The van der Waals surface area contributed by atoms with Gasteiger partial charge in [-0.15, -0.1) is 0 Å². The van der Waals surface area contributed by atoms with E-state index in [1.54, 1.807) is 0 Å². The summed E-state index contributed by atoms with van der Waals surface area (Å²) in [5, 5.41) is 10.9. The smallest absolute Gasteiger partial charge is 0.244 e. The van der Waals surface area contributed by atoms with Crippen molar-refractivity contribution in [2.75, 3.05) is 18.0 Å². The van der Waals surface area contributed by atoms with Crippen LogP contribution < -0.4 is 4.90 Å². The molecule has 0 aromatic heterocycles. The fourth-order valence-electron chi connectivity index (χ4n) is 4.03. The summed E-state index contributed by atoms with van der Waals surface area (Å²) in [4.78, 5) is 2.18. The maximum atomic E-state index is 10.9. The van der Waals surface area contributed by atoms with Crippen LogP contribution in [0.5, 0.6) is 5.75 Å². The number of phenols is 1. The quantitative estimate of drug-likeness (QED) is 0.761. The number of hydrogen-bond donors (Lipinski definition) is 1. The number of benzene rings is 2. The van der Waals surface area contributed by atoms with E-state index in [0.29, 0.717) is 5.75 Å². The Hall–Kier alpha value is -2.29. The Morgan fingerprint density at radius 3 is 2.08 bits per heavy atom. The van der Waals surface area contributed by atoms with Crippen molar-refractivity contribution < 1.29 is 9.68 Å². The molecule has 138 valence electrons. The summed E-state index contributed by atoms with van der Waals surface area (Å²) in [5.74, 6) is 0.401. The van der Waals surface area contributed by atoms with E-state index in [0.717, 1.165) is 24.3 Å². The molecule has 2 aromatic carbocycles. The molecule has 3 nitrogen and oxygen atoms in total. The third-order valence-corrected chi connectivity index (χ3v) is 5.13. The molecule has 26 heavy (non-hydrogen) atoms. The topological polar surface area (TPSA) is 26.5 Å². The number of anilines is 1. The highest BCUT2D eigenvalue weighted by atomic mass is 16.3. The summed E-state index contributed by atoms with van der Waals surface area (Å²) in [6, 6.07) is 8.65. The van der Waals surface area contributed by atoms with E-state index < -0.39 is 0 Å². The van der Waals surface area contributed by atoms with Gasteiger partial charge in [0.05, 0.1) is 0 Å². The number of phenolic OH excluding ortho intramolecular Hbond substituents is 1. The Kier molecular flexibility index (Phi) is 4.60. The Balaban J connectivity index is 2.05. The largest absolute Gasteiger partial charge is 0.504 e. The average molecular weight is 352 g/mol. The molecule has 0 spiro atoms. The molecular weight excluding hydrogens is 320 g/mol. The van der Waals surface area contributed by atoms with Crippen LogP contribution in [-0.2, 0) is 5.41 Å². The summed E-state index contributed by atoms with van der Waals surface area (Å²) < 4.78 is 2.31. The van der Waals surface area contributed by atoms with Gasteiger partial charge in [0.25, 0.3) is 0 Å². The number of rotatable bonds is 2. The first kappa shape index (κ1) is 18.5.